The molecular formula is C15H18N4O. The Morgan fingerprint density at radius 1 is 1.20 bits per heavy atom. The molecule has 0 unspecified atom stereocenters. The van der Waals surface area contributed by atoms with E-state index in [2.05, 4.69) is 15.0 Å². The van der Waals surface area contributed by atoms with Gasteiger partial charge in [0, 0.05) is 29.9 Å². The summed E-state index contributed by atoms with van der Waals surface area (Å²) in [4.78, 5) is 13.3. The minimum absolute atomic E-state index is 0.611. The molecule has 5 nitrogen and oxygen atoms in total. The van der Waals surface area contributed by atoms with E-state index in [4.69, 9.17) is 10.5 Å². The number of ether oxygens (including phenoxy) is 1. The van der Waals surface area contributed by atoms with Crippen LogP contribution in [0.3, 0.4) is 0 Å². The molecule has 0 spiro atoms. The highest BCUT2D eigenvalue weighted by molar-refractivity contribution is 5.44. The summed E-state index contributed by atoms with van der Waals surface area (Å²) in [6.07, 6.45) is 6.82. The van der Waals surface area contributed by atoms with Crippen molar-refractivity contribution in [2.75, 3.05) is 12.8 Å². The predicted molar refractivity (Wildman–Crippen MR) is 76.7 cm³/mol. The normalized spacial score (nSPS) is 13.8. The molecular weight excluding hydrogens is 252 g/mol. The highest BCUT2D eigenvalue weighted by Crippen LogP contribution is 2.24. The largest absolute Gasteiger partial charge is 0.481 e. The van der Waals surface area contributed by atoms with E-state index >= 15 is 0 Å². The number of hydrogen-bond donors (Lipinski definition) is 1. The second kappa shape index (κ2) is 5.45. The molecule has 0 atom stereocenters. The van der Waals surface area contributed by atoms with Crippen molar-refractivity contribution < 1.29 is 4.74 Å². The van der Waals surface area contributed by atoms with Gasteiger partial charge >= 0.3 is 0 Å². The summed E-state index contributed by atoms with van der Waals surface area (Å²) in [5.41, 5.74) is 9.38. The molecule has 0 saturated carbocycles. The average molecular weight is 270 g/mol. The van der Waals surface area contributed by atoms with Crippen LogP contribution in [0.5, 0.6) is 5.88 Å². The Hall–Kier alpha value is -2.17. The lowest BCUT2D eigenvalue weighted by Gasteiger charge is -2.17. The molecule has 2 aromatic heterocycles. The van der Waals surface area contributed by atoms with Gasteiger partial charge in [0.2, 0.25) is 5.88 Å². The van der Waals surface area contributed by atoms with E-state index in [0.29, 0.717) is 18.1 Å². The first-order valence-corrected chi connectivity index (χ1v) is 6.89. The Kier molecular flexibility index (Phi) is 3.50. The molecule has 104 valence electrons. The van der Waals surface area contributed by atoms with E-state index in [1.165, 1.54) is 12.8 Å². The first-order valence-electron chi connectivity index (χ1n) is 6.89. The predicted octanol–water partition coefficient (Wildman–Crippen LogP) is 1.93. The van der Waals surface area contributed by atoms with Crippen LogP contribution >= 0.6 is 0 Å². The first-order chi connectivity index (χ1) is 9.76. The maximum absolute atomic E-state index is 6.05. The third-order valence-electron chi connectivity index (χ3n) is 3.63. The van der Waals surface area contributed by atoms with Crippen LogP contribution in [0.25, 0.3) is 0 Å². The third-order valence-corrected chi connectivity index (χ3v) is 3.63. The number of anilines is 1. The lowest BCUT2D eigenvalue weighted by molar-refractivity contribution is 0.397. The summed E-state index contributed by atoms with van der Waals surface area (Å²) >= 11 is 0. The van der Waals surface area contributed by atoms with E-state index in [1.54, 1.807) is 13.3 Å². The van der Waals surface area contributed by atoms with Gasteiger partial charge in [-0.2, -0.15) is 0 Å². The summed E-state index contributed by atoms with van der Waals surface area (Å²) < 4.78 is 5.05. The first kappa shape index (κ1) is 12.8. The van der Waals surface area contributed by atoms with Crippen LogP contribution in [0, 0.1) is 0 Å². The van der Waals surface area contributed by atoms with Gasteiger partial charge in [-0.05, 0) is 31.2 Å². The molecule has 0 bridgehead atoms. The quantitative estimate of drug-likeness (QED) is 0.922. The smallest absolute Gasteiger partial charge is 0.212 e. The monoisotopic (exact) mass is 270 g/mol. The van der Waals surface area contributed by atoms with Crippen molar-refractivity contribution in [2.45, 2.75) is 32.1 Å². The van der Waals surface area contributed by atoms with Crippen molar-refractivity contribution >= 4 is 5.82 Å². The van der Waals surface area contributed by atoms with Gasteiger partial charge < -0.3 is 10.5 Å². The topological polar surface area (TPSA) is 73.9 Å². The molecule has 0 radical (unpaired) electrons. The number of nitrogens with two attached hydrogens (primary N) is 1. The molecule has 2 heterocycles. The van der Waals surface area contributed by atoms with Gasteiger partial charge in [0.15, 0.2) is 0 Å². The Balaban J connectivity index is 1.85. The fraction of sp³-hybridized carbons (Fsp3) is 0.400. The van der Waals surface area contributed by atoms with Crippen molar-refractivity contribution in [3.63, 3.8) is 0 Å². The Labute approximate surface area is 118 Å². The molecule has 5 heteroatoms. The van der Waals surface area contributed by atoms with Crippen LogP contribution < -0.4 is 10.5 Å². The van der Waals surface area contributed by atoms with Crippen molar-refractivity contribution in [1.29, 1.82) is 0 Å². The van der Waals surface area contributed by atoms with E-state index < -0.39 is 0 Å². The molecule has 20 heavy (non-hydrogen) atoms. The zero-order chi connectivity index (χ0) is 13.9. The maximum atomic E-state index is 6.05. The number of pyridine rings is 1. The van der Waals surface area contributed by atoms with Gasteiger partial charge in [0.25, 0.3) is 0 Å². The Bertz CT molecular complexity index is 610. The standard InChI is InChI=1S/C15H18N4O/c1-20-14-7-6-10(9-17-14)8-13-18-12-5-3-2-4-11(12)15(16)19-13/h6-7,9H,2-5,8H2,1H3,(H2,16,18,19). The summed E-state index contributed by atoms with van der Waals surface area (Å²) in [5.74, 6) is 2.03. The molecule has 3 rings (SSSR count). The van der Waals surface area contributed by atoms with Crippen LogP contribution in [0.2, 0.25) is 0 Å². The fourth-order valence-corrected chi connectivity index (χ4v) is 2.57. The minimum atomic E-state index is 0.611. The second-order valence-corrected chi connectivity index (χ2v) is 5.04. The highest BCUT2D eigenvalue weighted by Gasteiger charge is 2.16. The molecule has 1 aliphatic carbocycles. The van der Waals surface area contributed by atoms with Gasteiger partial charge in [-0.3, -0.25) is 0 Å². The molecule has 0 amide bonds. The summed E-state index contributed by atoms with van der Waals surface area (Å²) in [6, 6.07) is 3.82. The summed E-state index contributed by atoms with van der Waals surface area (Å²) in [5, 5.41) is 0. The van der Waals surface area contributed by atoms with Gasteiger partial charge in [-0.15, -0.1) is 0 Å². The Morgan fingerprint density at radius 3 is 2.80 bits per heavy atom. The molecule has 0 aliphatic heterocycles. The zero-order valence-corrected chi connectivity index (χ0v) is 11.6. The van der Waals surface area contributed by atoms with Crippen LogP contribution in [0.4, 0.5) is 5.82 Å². The molecule has 0 fully saturated rings. The van der Waals surface area contributed by atoms with Gasteiger partial charge in [-0.25, -0.2) is 15.0 Å². The number of nitrogen functional groups attached to an aromatic ring is 1. The van der Waals surface area contributed by atoms with Crippen molar-refractivity contribution in [3.05, 3.63) is 41.0 Å². The Morgan fingerprint density at radius 2 is 2.05 bits per heavy atom. The molecule has 0 saturated heterocycles. The lowest BCUT2D eigenvalue weighted by Crippen LogP contribution is -2.13. The van der Waals surface area contributed by atoms with Crippen molar-refractivity contribution in [3.8, 4) is 5.88 Å². The third kappa shape index (κ3) is 2.57. The number of hydrogen-bond acceptors (Lipinski definition) is 5. The second-order valence-electron chi connectivity index (χ2n) is 5.04. The number of methoxy groups -OCH3 is 1. The summed E-state index contributed by atoms with van der Waals surface area (Å²) in [7, 11) is 1.61. The van der Waals surface area contributed by atoms with E-state index in [9.17, 15) is 0 Å². The number of aryl methyl sites for hydroxylation is 1. The fourth-order valence-electron chi connectivity index (χ4n) is 2.57. The number of aromatic nitrogens is 3. The van der Waals surface area contributed by atoms with Gasteiger partial charge in [0.1, 0.15) is 11.6 Å². The van der Waals surface area contributed by atoms with Gasteiger partial charge in [-0.1, -0.05) is 6.07 Å². The molecule has 2 N–H and O–H groups in total. The van der Waals surface area contributed by atoms with Crippen molar-refractivity contribution in [2.24, 2.45) is 0 Å². The maximum Gasteiger partial charge on any atom is 0.212 e. The number of rotatable bonds is 3. The van der Waals surface area contributed by atoms with E-state index in [-0.39, 0.29) is 0 Å². The highest BCUT2D eigenvalue weighted by atomic mass is 16.5. The van der Waals surface area contributed by atoms with E-state index in [1.807, 2.05) is 12.1 Å². The van der Waals surface area contributed by atoms with Gasteiger partial charge in [0.05, 0.1) is 7.11 Å². The number of nitrogens with zero attached hydrogens (tertiary/aromatic N) is 3. The molecule has 1 aliphatic rings. The zero-order valence-electron chi connectivity index (χ0n) is 11.6. The average Bonchev–Trinajstić information content (AvgIpc) is 2.48. The number of fused-ring (bicyclic) bond motifs is 1. The minimum Gasteiger partial charge on any atom is -0.481 e. The van der Waals surface area contributed by atoms with E-state index in [0.717, 1.165) is 35.5 Å². The van der Waals surface area contributed by atoms with Crippen LogP contribution in [-0.4, -0.2) is 22.1 Å². The van der Waals surface area contributed by atoms with Crippen LogP contribution in [0.15, 0.2) is 18.3 Å². The van der Waals surface area contributed by atoms with Crippen molar-refractivity contribution in [1.82, 2.24) is 15.0 Å². The molecule has 0 aromatic carbocycles. The lowest BCUT2D eigenvalue weighted by atomic mass is 9.96. The summed E-state index contributed by atoms with van der Waals surface area (Å²) in [6.45, 7) is 0. The SMILES string of the molecule is COc1ccc(Cc2nc(N)c3c(n2)CCCC3)cn1. The van der Waals surface area contributed by atoms with Crippen LogP contribution in [0.1, 0.15) is 35.5 Å². The van der Waals surface area contributed by atoms with Crippen LogP contribution in [-0.2, 0) is 19.3 Å². The molecule has 2 aromatic rings.